The summed E-state index contributed by atoms with van der Waals surface area (Å²) in [6.07, 6.45) is 0. The Hall–Kier alpha value is 0.270. The van der Waals surface area contributed by atoms with Crippen molar-refractivity contribution in [2.75, 3.05) is 19.0 Å². The van der Waals surface area contributed by atoms with Gasteiger partial charge in [0.25, 0.3) is 0 Å². The standard InChI is InChI=1S/C3H7NOS/c1-2-6-5-3-4-1/h4H,1-3H2. The highest BCUT2D eigenvalue weighted by atomic mass is 32.2. The van der Waals surface area contributed by atoms with Gasteiger partial charge in [-0.25, -0.2) is 0 Å². The minimum Gasteiger partial charge on any atom is -0.300 e. The molecule has 0 spiro atoms. The molecule has 1 fully saturated rings. The Labute approximate surface area is 41.5 Å². The Balaban J connectivity index is 2.00. The van der Waals surface area contributed by atoms with E-state index in [-0.39, 0.29) is 0 Å². The van der Waals surface area contributed by atoms with Gasteiger partial charge in [0.2, 0.25) is 0 Å². The predicted molar refractivity (Wildman–Crippen MR) is 26.4 cm³/mol. The van der Waals surface area contributed by atoms with Crippen molar-refractivity contribution in [2.45, 2.75) is 0 Å². The summed E-state index contributed by atoms with van der Waals surface area (Å²) in [5, 5.41) is 3.04. The van der Waals surface area contributed by atoms with Gasteiger partial charge in [0.15, 0.2) is 0 Å². The average molecular weight is 105 g/mol. The molecule has 1 N–H and O–H groups in total. The van der Waals surface area contributed by atoms with Gasteiger partial charge < -0.3 is 0 Å². The SMILES string of the molecule is C1CSOCN1. The molecule has 0 bridgehead atoms. The second-order valence-electron chi connectivity index (χ2n) is 1.08. The third kappa shape index (κ3) is 1.16. The normalized spacial score (nSPS) is 24.0. The van der Waals surface area contributed by atoms with E-state index >= 15 is 0 Å². The topological polar surface area (TPSA) is 21.3 Å². The van der Waals surface area contributed by atoms with Crippen molar-refractivity contribution in [3.63, 3.8) is 0 Å². The van der Waals surface area contributed by atoms with Crippen molar-refractivity contribution in [2.24, 2.45) is 0 Å². The molecule has 6 heavy (non-hydrogen) atoms. The number of rotatable bonds is 0. The summed E-state index contributed by atoms with van der Waals surface area (Å²) < 4.78 is 4.88. The van der Waals surface area contributed by atoms with Crippen LogP contribution in [0.4, 0.5) is 0 Å². The summed E-state index contributed by atoms with van der Waals surface area (Å²) in [7, 11) is 0. The smallest absolute Gasteiger partial charge is 0.111 e. The van der Waals surface area contributed by atoms with E-state index in [2.05, 4.69) is 5.32 Å². The first-order valence-corrected chi connectivity index (χ1v) is 2.86. The molecule has 3 heteroatoms. The fourth-order valence-electron chi connectivity index (χ4n) is 0.328. The summed E-state index contributed by atoms with van der Waals surface area (Å²) >= 11 is 1.53. The van der Waals surface area contributed by atoms with Gasteiger partial charge in [0, 0.05) is 12.3 Å². The Bertz CT molecular complexity index is 26.3. The molecular formula is C3H7NOS. The monoisotopic (exact) mass is 105 g/mol. The molecule has 0 atom stereocenters. The minimum absolute atomic E-state index is 0.713. The van der Waals surface area contributed by atoms with Crippen LogP contribution < -0.4 is 5.32 Å². The van der Waals surface area contributed by atoms with E-state index in [9.17, 15) is 0 Å². The van der Waals surface area contributed by atoms with Gasteiger partial charge in [-0.2, -0.15) is 0 Å². The van der Waals surface area contributed by atoms with E-state index < -0.39 is 0 Å². The van der Waals surface area contributed by atoms with Crippen molar-refractivity contribution >= 4 is 12.0 Å². The molecule has 36 valence electrons. The van der Waals surface area contributed by atoms with E-state index in [0.29, 0.717) is 6.73 Å². The summed E-state index contributed by atoms with van der Waals surface area (Å²) in [6, 6.07) is 0. The van der Waals surface area contributed by atoms with Crippen molar-refractivity contribution in [1.29, 1.82) is 0 Å². The highest BCUT2D eigenvalue weighted by molar-refractivity contribution is 7.94. The first kappa shape index (κ1) is 4.43. The van der Waals surface area contributed by atoms with E-state index in [1.807, 2.05) is 0 Å². The van der Waals surface area contributed by atoms with Gasteiger partial charge in [-0.15, -0.1) is 0 Å². The summed E-state index contributed by atoms with van der Waals surface area (Å²) in [6.45, 7) is 1.80. The highest BCUT2D eigenvalue weighted by Crippen LogP contribution is 2.01. The number of hydrogen-bond donors (Lipinski definition) is 1. The second kappa shape index (κ2) is 2.44. The Morgan fingerprint density at radius 2 is 2.67 bits per heavy atom. The molecule has 0 aromatic carbocycles. The van der Waals surface area contributed by atoms with Crippen molar-refractivity contribution in [1.82, 2.24) is 5.32 Å². The fourth-order valence-corrected chi connectivity index (χ4v) is 0.840. The maximum absolute atomic E-state index is 4.88. The molecule has 0 saturated carbocycles. The van der Waals surface area contributed by atoms with Gasteiger partial charge in [-0.05, 0) is 12.0 Å². The summed E-state index contributed by atoms with van der Waals surface area (Å²) in [4.78, 5) is 0. The lowest BCUT2D eigenvalue weighted by molar-refractivity contribution is 0.321. The molecule has 1 rings (SSSR count). The van der Waals surface area contributed by atoms with Gasteiger partial charge in [-0.1, -0.05) is 0 Å². The molecule has 0 aromatic heterocycles. The van der Waals surface area contributed by atoms with Crippen LogP contribution in [0.5, 0.6) is 0 Å². The fraction of sp³-hybridized carbons (Fsp3) is 1.00. The molecule has 1 saturated heterocycles. The van der Waals surface area contributed by atoms with Crippen LogP contribution in [0.25, 0.3) is 0 Å². The van der Waals surface area contributed by atoms with Crippen molar-refractivity contribution < 1.29 is 4.18 Å². The van der Waals surface area contributed by atoms with E-state index in [1.54, 1.807) is 0 Å². The molecule has 1 aliphatic heterocycles. The number of nitrogens with one attached hydrogen (secondary N) is 1. The quantitative estimate of drug-likeness (QED) is 0.445. The highest BCUT2D eigenvalue weighted by Gasteiger charge is 1.94. The molecule has 0 aromatic rings. The predicted octanol–water partition coefficient (Wildman–Crippen LogP) is 0.212. The van der Waals surface area contributed by atoms with Crippen molar-refractivity contribution in [3.05, 3.63) is 0 Å². The molecule has 0 amide bonds. The third-order valence-corrected chi connectivity index (χ3v) is 1.26. The third-order valence-electron chi connectivity index (χ3n) is 0.606. The van der Waals surface area contributed by atoms with Crippen LogP contribution >= 0.6 is 12.0 Å². The van der Waals surface area contributed by atoms with Crippen LogP contribution in [0.3, 0.4) is 0 Å². The zero-order valence-electron chi connectivity index (χ0n) is 3.44. The second-order valence-corrected chi connectivity index (χ2v) is 1.96. The largest absolute Gasteiger partial charge is 0.300 e. The Morgan fingerprint density at radius 1 is 1.67 bits per heavy atom. The average Bonchev–Trinajstić information content (AvgIpc) is 1.72. The van der Waals surface area contributed by atoms with Crippen LogP contribution in [0.15, 0.2) is 0 Å². The minimum atomic E-state index is 0.713. The van der Waals surface area contributed by atoms with Gasteiger partial charge in [0.1, 0.15) is 6.73 Å². The van der Waals surface area contributed by atoms with Gasteiger partial charge in [0.05, 0.1) is 0 Å². The maximum Gasteiger partial charge on any atom is 0.111 e. The summed E-state index contributed by atoms with van der Waals surface area (Å²) in [5.74, 6) is 1.08. The van der Waals surface area contributed by atoms with E-state index in [1.165, 1.54) is 12.0 Å². The van der Waals surface area contributed by atoms with Crippen LogP contribution in [-0.4, -0.2) is 19.0 Å². The Morgan fingerprint density at radius 3 is 2.83 bits per heavy atom. The lowest BCUT2D eigenvalue weighted by Gasteiger charge is -2.08. The maximum atomic E-state index is 4.88. The zero-order valence-corrected chi connectivity index (χ0v) is 4.25. The van der Waals surface area contributed by atoms with Gasteiger partial charge in [-0.3, -0.25) is 9.50 Å². The molecule has 1 aliphatic rings. The zero-order chi connectivity index (χ0) is 4.24. The van der Waals surface area contributed by atoms with Gasteiger partial charge >= 0.3 is 0 Å². The Kier molecular flexibility index (Phi) is 1.80. The molecule has 2 nitrogen and oxygen atoms in total. The molecule has 1 heterocycles. The number of hydrogen-bond acceptors (Lipinski definition) is 3. The molecule has 0 aliphatic carbocycles. The molecular weight excluding hydrogens is 98.1 g/mol. The first-order chi connectivity index (χ1) is 3.00. The first-order valence-electron chi connectivity index (χ1n) is 1.95. The van der Waals surface area contributed by atoms with Crippen LogP contribution in [-0.2, 0) is 4.18 Å². The van der Waals surface area contributed by atoms with E-state index in [0.717, 1.165) is 12.3 Å². The van der Waals surface area contributed by atoms with Crippen LogP contribution in [0.1, 0.15) is 0 Å². The molecule has 0 radical (unpaired) electrons. The lowest BCUT2D eigenvalue weighted by Crippen LogP contribution is -2.23. The van der Waals surface area contributed by atoms with Crippen LogP contribution in [0, 0.1) is 0 Å². The van der Waals surface area contributed by atoms with Crippen LogP contribution in [0.2, 0.25) is 0 Å². The van der Waals surface area contributed by atoms with E-state index in [4.69, 9.17) is 4.18 Å². The molecule has 0 unspecified atom stereocenters. The van der Waals surface area contributed by atoms with Crippen molar-refractivity contribution in [3.8, 4) is 0 Å². The summed E-state index contributed by atoms with van der Waals surface area (Å²) in [5.41, 5.74) is 0. The lowest BCUT2D eigenvalue weighted by atomic mass is 10.8.